The lowest BCUT2D eigenvalue weighted by molar-refractivity contribution is 0.602. The van der Waals surface area contributed by atoms with Crippen LogP contribution in [0.5, 0.6) is 0 Å². The molecular formula is C20H19N7O2S. The summed E-state index contributed by atoms with van der Waals surface area (Å²) >= 11 is 0. The van der Waals surface area contributed by atoms with E-state index in [9.17, 15) is 8.42 Å². The summed E-state index contributed by atoms with van der Waals surface area (Å²) in [4.78, 5) is 16.9. The van der Waals surface area contributed by atoms with E-state index in [1.807, 2.05) is 12.1 Å². The zero-order chi connectivity index (χ0) is 21.3. The van der Waals surface area contributed by atoms with Crippen molar-refractivity contribution in [3.8, 4) is 11.1 Å². The number of aromatic nitrogens is 4. The largest absolute Gasteiger partial charge is 0.393 e. The Hall–Kier alpha value is -3.79. The zero-order valence-corrected chi connectivity index (χ0v) is 16.9. The Morgan fingerprint density at radius 2 is 1.63 bits per heavy atom. The smallest absolute Gasteiger partial charge is 0.176 e. The number of benzene rings is 2. The van der Waals surface area contributed by atoms with Crippen molar-refractivity contribution in [2.75, 3.05) is 23.0 Å². The van der Waals surface area contributed by atoms with Crippen molar-refractivity contribution in [1.29, 1.82) is 0 Å². The lowest BCUT2D eigenvalue weighted by atomic mass is 9.98. The molecule has 4 rings (SSSR count). The van der Waals surface area contributed by atoms with Crippen LogP contribution in [0, 0.1) is 0 Å². The minimum Gasteiger partial charge on any atom is -0.393 e. The number of nitrogens with two attached hydrogens (primary N) is 2. The highest BCUT2D eigenvalue weighted by Gasteiger charge is 2.18. The fraction of sp³-hybridized carbons (Fsp3) is 0.100. The molecule has 0 unspecified atom stereocenters. The number of hydrogen-bond donors (Lipinski definition) is 3. The summed E-state index contributed by atoms with van der Waals surface area (Å²) in [6.07, 6.45) is 5.71. The van der Waals surface area contributed by atoms with Gasteiger partial charge in [0.2, 0.25) is 0 Å². The molecule has 0 atom stereocenters. The first kappa shape index (κ1) is 19.5. The Morgan fingerprint density at radius 3 is 2.37 bits per heavy atom. The van der Waals surface area contributed by atoms with Gasteiger partial charge in [-0.15, -0.1) is 0 Å². The Morgan fingerprint density at radius 1 is 0.933 bits per heavy atom. The summed E-state index contributed by atoms with van der Waals surface area (Å²) in [6.45, 7) is 0.306. The molecule has 0 bridgehead atoms. The average Bonchev–Trinajstić information content (AvgIpc) is 2.73. The first-order valence-corrected chi connectivity index (χ1v) is 10.9. The minimum atomic E-state index is -3.44. The molecule has 2 aromatic carbocycles. The van der Waals surface area contributed by atoms with Gasteiger partial charge in [-0.2, -0.15) is 0 Å². The monoisotopic (exact) mass is 421 g/mol. The van der Waals surface area contributed by atoms with Crippen LogP contribution in [0.25, 0.3) is 22.2 Å². The third kappa shape index (κ3) is 3.72. The van der Waals surface area contributed by atoms with Gasteiger partial charge in [-0.3, -0.25) is 9.97 Å². The van der Waals surface area contributed by atoms with Crippen molar-refractivity contribution < 1.29 is 8.42 Å². The molecule has 2 heterocycles. The molecule has 5 N–H and O–H groups in total. The predicted molar refractivity (Wildman–Crippen MR) is 116 cm³/mol. The van der Waals surface area contributed by atoms with E-state index in [-0.39, 0.29) is 16.4 Å². The fourth-order valence-electron chi connectivity index (χ4n) is 3.19. The van der Waals surface area contributed by atoms with Crippen molar-refractivity contribution in [3.05, 3.63) is 60.7 Å². The maximum absolute atomic E-state index is 12.4. The van der Waals surface area contributed by atoms with E-state index in [0.29, 0.717) is 29.0 Å². The van der Waals surface area contributed by atoms with Crippen LogP contribution in [0.15, 0.2) is 60.0 Å². The highest BCUT2D eigenvalue weighted by Crippen LogP contribution is 2.33. The maximum Gasteiger partial charge on any atom is 0.176 e. The van der Waals surface area contributed by atoms with Crippen LogP contribution in [0.3, 0.4) is 0 Å². The van der Waals surface area contributed by atoms with E-state index in [2.05, 4.69) is 25.3 Å². The van der Waals surface area contributed by atoms with Crippen molar-refractivity contribution in [1.82, 2.24) is 19.9 Å². The van der Waals surface area contributed by atoms with Gasteiger partial charge in [0.25, 0.3) is 0 Å². The summed E-state index contributed by atoms with van der Waals surface area (Å²) < 4.78 is 24.7. The molecule has 0 radical (unpaired) electrons. The van der Waals surface area contributed by atoms with E-state index in [1.54, 1.807) is 36.7 Å². The summed E-state index contributed by atoms with van der Waals surface area (Å²) in [7, 11) is -3.44. The number of nitrogens with zero attached hydrogens (tertiary/aromatic N) is 4. The second-order valence-electron chi connectivity index (χ2n) is 6.70. The van der Waals surface area contributed by atoms with Crippen LogP contribution in [0.1, 0.15) is 5.56 Å². The van der Waals surface area contributed by atoms with Crippen molar-refractivity contribution in [2.24, 2.45) is 0 Å². The first-order valence-electron chi connectivity index (χ1n) is 8.97. The molecule has 0 saturated heterocycles. The second kappa shape index (κ2) is 7.56. The van der Waals surface area contributed by atoms with E-state index in [0.717, 1.165) is 11.1 Å². The minimum absolute atomic E-state index is 0.180. The first-order chi connectivity index (χ1) is 14.3. The lowest BCUT2D eigenvalue weighted by Gasteiger charge is -2.16. The van der Waals surface area contributed by atoms with Gasteiger partial charge in [0.1, 0.15) is 12.0 Å². The van der Waals surface area contributed by atoms with E-state index in [1.165, 1.54) is 12.6 Å². The van der Waals surface area contributed by atoms with Crippen LogP contribution in [-0.4, -0.2) is 34.6 Å². The molecular weight excluding hydrogens is 402 g/mol. The van der Waals surface area contributed by atoms with Crippen molar-refractivity contribution >= 4 is 38.2 Å². The molecule has 0 saturated carbocycles. The SMILES string of the molecule is CS(=O)(=O)c1ccccc1-c1cc2nccnc2cc1CNc1ncnc(N)c1N. The van der Waals surface area contributed by atoms with Crippen LogP contribution in [0.4, 0.5) is 17.3 Å². The standard InChI is InChI=1S/C20H19N7O2S/c1-30(28,29)17-5-3-2-4-13(17)14-9-16-15(23-6-7-24-16)8-12(14)10-25-20-18(21)19(22)26-11-27-20/h2-9,11H,10,21H2,1H3,(H3,22,25,26,27). The van der Waals surface area contributed by atoms with Crippen molar-refractivity contribution in [2.45, 2.75) is 11.4 Å². The molecule has 0 amide bonds. The number of nitrogen functional groups attached to an aromatic ring is 2. The molecule has 30 heavy (non-hydrogen) atoms. The molecule has 0 spiro atoms. The quantitative estimate of drug-likeness (QED) is 0.441. The van der Waals surface area contributed by atoms with Gasteiger partial charge >= 0.3 is 0 Å². The number of sulfone groups is 1. The third-order valence-corrected chi connectivity index (χ3v) is 5.79. The van der Waals surface area contributed by atoms with Gasteiger partial charge in [-0.05, 0) is 29.3 Å². The molecule has 9 nitrogen and oxygen atoms in total. The van der Waals surface area contributed by atoms with Crippen LogP contribution in [-0.2, 0) is 16.4 Å². The molecule has 152 valence electrons. The number of anilines is 3. The molecule has 0 aliphatic carbocycles. The van der Waals surface area contributed by atoms with Crippen LogP contribution >= 0.6 is 0 Å². The number of rotatable bonds is 5. The average molecular weight is 421 g/mol. The molecule has 2 aromatic heterocycles. The molecule has 0 aliphatic rings. The highest BCUT2D eigenvalue weighted by atomic mass is 32.2. The van der Waals surface area contributed by atoms with Gasteiger partial charge in [0, 0.05) is 30.8 Å². The molecule has 10 heteroatoms. The molecule has 4 aromatic rings. The van der Waals surface area contributed by atoms with Gasteiger partial charge < -0.3 is 16.8 Å². The summed E-state index contributed by atoms with van der Waals surface area (Å²) in [5.74, 6) is 0.573. The number of nitrogens with one attached hydrogen (secondary N) is 1. The maximum atomic E-state index is 12.4. The van der Waals surface area contributed by atoms with Gasteiger partial charge in [-0.1, -0.05) is 18.2 Å². The topological polar surface area (TPSA) is 150 Å². The summed E-state index contributed by atoms with van der Waals surface area (Å²) in [5, 5.41) is 3.15. The predicted octanol–water partition coefficient (Wildman–Crippen LogP) is 2.27. The van der Waals surface area contributed by atoms with Gasteiger partial charge in [0.15, 0.2) is 21.5 Å². The Labute approximate surface area is 173 Å². The summed E-state index contributed by atoms with van der Waals surface area (Å²) in [6, 6.07) is 10.6. The van der Waals surface area contributed by atoms with Gasteiger partial charge in [0.05, 0.1) is 15.9 Å². The number of hydrogen-bond acceptors (Lipinski definition) is 9. The Bertz CT molecular complexity index is 1360. The van der Waals surface area contributed by atoms with Crippen LogP contribution in [0.2, 0.25) is 0 Å². The lowest BCUT2D eigenvalue weighted by Crippen LogP contribution is -2.09. The normalized spacial score (nSPS) is 11.5. The van der Waals surface area contributed by atoms with Crippen LogP contribution < -0.4 is 16.8 Å². The van der Waals surface area contributed by atoms with E-state index < -0.39 is 9.84 Å². The van der Waals surface area contributed by atoms with Gasteiger partial charge in [-0.25, -0.2) is 18.4 Å². The van der Waals surface area contributed by atoms with Crippen molar-refractivity contribution in [3.63, 3.8) is 0 Å². The Balaban J connectivity index is 1.86. The summed E-state index contributed by atoms with van der Waals surface area (Å²) in [5.41, 5.74) is 15.4. The highest BCUT2D eigenvalue weighted by molar-refractivity contribution is 7.90. The number of fused-ring (bicyclic) bond motifs is 1. The van der Waals surface area contributed by atoms with E-state index in [4.69, 9.17) is 11.5 Å². The van der Waals surface area contributed by atoms with E-state index >= 15 is 0 Å². The zero-order valence-electron chi connectivity index (χ0n) is 16.1. The molecule has 0 fully saturated rings. The Kier molecular flexibility index (Phi) is 4.92. The fourth-order valence-corrected chi connectivity index (χ4v) is 4.10. The third-order valence-electron chi connectivity index (χ3n) is 4.63. The molecule has 0 aliphatic heterocycles. The second-order valence-corrected chi connectivity index (χ2v) is 8.68.